The van der Waals surface area contributed by atoms with Crippen molar-refractivity contribution in [3.8, 4) is 0 Å². The fourth-order valence-electron chi connectivity index (χ4n) is 4.29. The molecule has 0 saturated carbocycles. The van der Waals surface area contributed by atoms with Crippen LogP contribution in [-0.2, 0) is 20.7 Å². The lowest BCUT2D eigenvalue weighted by Crippen LogP contribution is -2.52. The summed E-state index contributed by atoms with van der Waals surface area (Å²) in [5.41, 5.74) is -0.655. The van der Waals surface area contributed by atoms with Crippen molar-refractivity contribution in [2.45, 2.75) is 63.9 Å². The number of amides is 1. The Hall–Kier alpha value is -1.92. The average molecular weight is 507 g/mol. The van der Waals surface area contributed by atoms with E-state index in [1.165, 1.54) is 23.3 Å². The number of methoxy groups -OCH3 is 1. The first-order valence-electron chi connectivity index (χ1n) is 11.4. The molecule has 0 aromatic carbocycles. The van der Waals surface area contributed by atoms with Crippen LogP contribution < -0.4 is 0 Å². The van der Waals surface area contributed by atoms with Crippen LogP contribution in [0.15, 0.2) is 6.20 Å². The second-order valence-electron chi connectivity index (χ2n) is 9.71. The van der Waals surface area contributed by atoms with Crippen molar-refractivity contribution in [1.82, 2.24) is 19.7 Å². The summed E-state index contributed by atoms with van der Waals surface area (Å²) in [6.07, 6.45) is -1.52. The molecule has 34 heavy (non-hydrogen) atoms. The summed E-state index contributed by atoms with van der Waals surface area (Å²) in [5, 5.41) is 0.768. The van der Waals surface area contributed by atoms with E-state index < -0.39 is 24.4 Å². The van der Waals surface area contributed by atoms with E-state index in [1.54, 1.807) is 11.1 Å². The van der Waals surface area contributed by atoms with Crippen molar-refractivity contribution < 1.29 is 32.2 Å². The molecule has 3 rings (SSSR count). The SMILES string of the molecule is COC(=O)CCc1cnc([C@@H]2C[C@H](N3CCN(CC(F)(F)F)CC3)CN2C(=O)OC(C)(C)C)s1. The van der Waals surface area contributed by atoms with Crippen LogP contribution >= 0.6 is 11.3 Å². The molecule has 2 aliphatic heterocycles. The lowest BCUT2D eigenvalue weighted by atomic mass is 10.1. The third-order valence-corrected chi connectivity index (χ3v) is 7.05. The first kappa shape index (κ1) is 26.7. The number of likely N-dealkylation sites (tertiary alicyclic amines) is 1. The average Bonchev–Trinajstić information content (AvgIpc) is 3.37. The minimum atomic E-state index is -4.20. The minimum absolute atomic E-state index is 0.00738. The molecule has 2 aliphatic rings. The number of carbonyl (C=O) groups is 2. The Bertz CT molecular complexity index is 850. The number of hydrogen-bond donors (Lipinski definition) is 0. The molecule has 2 saturated heterocycles. The fraction of sp³-hybridized carbons (Fsp3) is 0.773. The maximum absolute atomic E-state index is 13.0. The zero-order chi connectivity index (χ0) is 25.1. The Morgan fingerprint density at radius 1 is 1.18 bits per heavy atom. The number of alkyl halides is 3. The number of thiazole rings is 1. The predicted octanol–water partition coefficient (Wildman–Crippen LogP) is 3.48. The van der Waals surface area contributed by atoms with Gasteiger partial charge < -0.3 is 9.47 Å². The monoisotopic (exact) mass is 506 g/mol. The van der Waals surface area contributed by atoms with Gasteiger partial charge in [-0.05, 0) is 33.6 Å². The van der Waals surface area contributed by atoms with Crippen LogP contribution in [0.2, 0.25) is 0 Å². The molecule has 1 amide bonds. The van der Waals surface area contributed by atoms with E-state index in [4.69, 9.17) is 9.47 Å². The lowest BCUT2D eigenvalue weighted by molar-refractivity contribution is -0.149. The fourth-order valence-corrected chi connectivity index (χ4v) is 5.34. The Labute approximate surface area is 202 Å². The summed E-state index contributed by atoms with van der Waals surface area (Å²) >= 11 is 1.46. The van der Waals surface area contributed by atoms with Crippen LogP contribution in [0, 0.1) is 0 Å². The Kier molecular flexibility index (Phi) is 8.46. The Morgan fingerprint density at radius 3 is 2.44 bits per heavy atom. The van der Waals surface area contributed by atoms with E-state index in [0.29, 0.717) is 45.6 Å². The molecule has 192 valence electrons. The largest absolute Gasteiger partial charge is 0.469 e. The van der Waals surface area contributed by atoms with Gasteiger partial charge in [-0.3, -0.25) is 19.5 Å². The molecule has 0 spiro atoms. The second-order valence-corrected chi connectivity index (χ2v) is 10.9. The molecule has 1 aromatic rings. The van der Waals surface area contributed by atoms with Gasteiger partial charge in [0.25, 0.3) is 0 Å². The van der Waals surface area contributed by atoms with Gasteiger partial charge in [0.2, 0.25) is 0 Å². The van der Waals surface area contributed by atoms with Gasteiger partial charge >= 0.3 is 18.2 Å². The molecule has 2 fully saturated rings. The lowest BCUT2D eigenvalue weighted by Gasteiger charge is -2.38. The highest BCUT2D eigenvalue weighted by atomic mass is 32.1. The molecule has 12 heteroatoms. The number of halogens is 3. The van der Waals surface area contributed by atoms with Crippen LogP contribution in [0.5, 0.6) is 0 Å². The van der Waals surface area contributed by atoms with E-state index >= 15 is 0 Å². The molecule has 0 N–H and O–H groups in total. The van der Waals surface area contributed by atoms with Gasteiger partial charge in [-0.15, -0.1) is 11.3 Å². The smallest absolute Gasteiger partial charge is 0.410 e. The molecule has 0 aliphatic carbocycles. The molecule has 0 radical (unpaired) electrons. The number of rotatable bonds is 6. The van der Waals surface area contributed by atoms with Gasteiger partial charge in [0.1, 0.15) is 10.6 Å². The van der Waals surface area contributed by atoms with Crippen LogP contribution in [0.4, 0.5) is 18.0 Å². The van der Waals surface area contributed by atoms with Gasteiger partial charge in [-0.25, -0.2) is 9.78 Å². The molecule has 0 unspecified atom stereocenters. The van der Waals surface area contributed by atoms with Gasteiger partial charge in [0.15, 0.2) is 0 Å². The van der Waals surface area contributed by atoms with Crippen molar-refractivity contribution in [2.75, 3.05) is 46.4 Å². The van der Waals surface area contributed by atoms with E-state index in [2.05, 4.69) is 9.88 Å². The third-order valence-electron chi connectivity index (χ3n) is 5.89. The first-order chi connectivity index (χ1) is 15.8. The van der Waals surface area contributed by atoms with E-state index in [1.807, 2.05) is 20.8 Å². The van der Waals surface area contributed by atoms with Gasteiger partial charge in [-0.1, -0.05) is 0 Å². The summed E-state index contributed by atoms with van der Waals surface area (Å²) in [6, 6.07) is -0.280. The van der Waals surface area contributed by atoms with E-state index in [-0.39, 0.29) is 24.5 Å². The van der Waals surface area contributed by atoms with Crippen molar-refractivity contribution in [3.05, 3.63) is 16.1 Å². The molecule has 0 bridgehead atoms. The zero-order valence-corrected chi connectivity index (χ0v) is 20.9. The number of aryl methyl sites for hydroxylation is 1. The number of nitrogens with zero attached hydrogens (tertiary/aromatic N) is 4. The summed E-state index contributed by atoms with van der Waals surface area (Å²) in [5.74, 6) is -0.295. The normalized spacial score (nSPS) is 22.7. The number of piperazine rings is 1. The molecule has 1 aromatic heterocycles. The van der Waals surface area contributed by atoms with Crippen LogP contribution in [0.1, 0.15) is 49.5 Å². The summed E-state index contributed by atoms with van der Waals surface area (Å²) in [6.45, 7) is 6.65. The standard InChI is InChI=1S/C22H33F3N4O4S/c1-21(2,3)33-20(31)29-13-15(28-9-7-27(8-10-28)14-22(23,24)25)11-17(29)19-26-12-16(34-19)5-6-18(30)32-4/h12,15,17H,5-11,13-14H2,1-4H3/t15-,17-/m0/s1. The zero-order valence-electron chi connectivity index (χ0n) is 20.1. The second kappa shape index (κ2) is 10.8. The van der Waals surface area contributed by atoms with E-state index in [0.717, 1.165) is 9.88 Å². The van der Waals surface area contributed by atoms with Crippen LogP contribution in [-0.4, -0.2) is 95.9 Å². The molecular formula is C22H33F3N4O4S. The quantitative estimate of drug-likeness (QED) is 0.547. The van der Waals surface area contributed by atoms with Gasteiger partial charge in [0.05, 0.1) is 26.1 Å². The molecule has 8 nitrogen and oxygen atoms in total. The topological polar surface area (TPSA) is 75.2 Å². The molecular weight excluding hydrogens is 473 g/mol. The van der Waals surface area contributed by atoms with Crippen molar-refractivity contribution in [1.29, 1.82) is 0 Å². The number of ether oxygens (including phenoxy) is 2. The van der Waals surface area contributed by atoms with Crippen LogP contribution in [0.25, 0.3) is 0 Å². The van der Waals surface area contributed by atoms with Crippen LogP contribution in [0.3, 0.4) is 0 Å². The van der Waals surface area contributed by atoms with Crippen molar-refractivity contribution >= 4 is 23.4 Å². The Balaban J connectivity index is 1.69. The van der Waals surface area contributed by atoms with E-state index in [9.17, 15) is 22.8 Å². The molecule has 2 atom stereocenters. The third kappa shape index (κ3) is 7.54. The Morgan fingerprint density at radius 2 is 1.85 bits per heavy atom. The highest BCUT2D eigenvalue weighted by molar-refractivity contribution is 7.11. The van der Waals surface area contributed by atoms with Crippen molar-refractivity contribution in [2.24, 2.45) is 0 Å². The van der Waals surface area contributed by atoms with Gasteiger partial charge in [-0.2, -0.15) is 13.2 Å². The number of hydrogen-bond acceptors (Lipinski definition) is 8. The highest BCUT2D eigenvalue weighted by Gasteiger charge is 2.43. The maximum atomic E-state index is 13.0. The number of aromatic nitrogens is 1. The molecule has 3 heterocycles. The summed E-state index contributed by atoms with van der Waals surface area (Å²) in [7, 11) is 1.35. The van der Waals surface area contributed by atoms with Crippen molar-refractivity contribution in [3.63, 3.8) is 0 Å². The number of carbonyl (C=O) groups excluding carboxylic acids is 2. The summed E-state index contributed by atoms with van der Waals surface area (Å²) < 4.78 is 48.5. The summed E-state index contributed by atoms with van der Waals surface area (Å²) in [4.78, 5) is 35.2. The first-order valence-corrected chi connectivity index (χ1v) is 12.2. The number of esters is 1. The minimum Gasteiger partial charge on any atom is -0.469 e. The predicted molar refractivity (Wildman–Crippen MR) is 121 cm³/mol. The van der Waals surface area contributed by atoms with Gasteiger partial charge in [0, 0.05) is 49.8 Å². The maximum Gasteiger partial charge on any atom is 0.410 e. The highest BCUT2D eigenvalue weighted by Crippen LogP contribution is 2.38.